The molecule has 1 amide bonds. The Balaban J connectivity index is 0.000000220. The second-order valence-electron chi connectivity index (χ2n) is 15.7. The Morgan fingerprint density at radius 3 is 1.83 bits per heavy atom. The molecule has 0 spiro atoms. The van der Waals surface area contributed by atoms with Crippen molar-refractivity contribution in [3.05, 3.63) is 93.6 Å². The summed E-state index contributed by atoms with van der Waals surface area (Å²) < 4.78 is 67.0. The molecule has 0 atom stereocenters. The zero-order valence-corrected chi connectivity index (χ0v) is 36.3. The van der Waals surface area contributed by atoms with Gasteiger partial charge in [-0.15, -0.1) is 0 Å². The molecule has 4 aromatic rings. The second kappa shape index (κ2) is 18.3. The smallest absolute Gasteiger partial charge is 0.410 e. The number of pyridine rings is 2. The number of aryl methyl sites for hydroxylation is 2. The van der Waals surface area contributed by atoms with Gasteiger partial charge in [-0.3, -0.25) is 4.79 Å². The van der Waals surface area contributed by atoms with Crippen molar-refractivity contribution in [1.29, 1.82) is 0 Å². The lowest BCUT2D eigenvalue weighted by atomic mass is 10.2. The highest BCUT2D eigenvalue weighted by Crippen LogP contribution is 2.31. The molecule has 16 nitrogen and oxygen atoms in total. The van der Waals surface area contributed by atoms with Crippen LogP contribution >= 0.6 is 11.6 Å². The van der Waals surface area contributed by atoms with Gasteiger partial charge in [-0.1, -0.05) is 17.7 Å². The van der Waals surface area contributed by atoms with Crippen molar-refractivity contribution >= 4 is 43.4 Å². The summed E-state index contributed by atoms with van der Waals surface area (Å²) in [5.41, 5.74) is 1.88. The standard InChI is InChI=1S/C25H28ClN5O4S.C15H23N3O4S/c1-18-9-10-27-23(15-18)36(33,34)30-13-11-29(12-14-30)22-17-28-31(20-6-4-5-19(26)16-20)25(32)24(22)35-21-7-2-3-8-21;1-12-5-6-16-13(11-12)23(20,21)18-9-7-17(8-10-18)14(19)22-15(2,3)4/h4-6,9-10,15-17,21H,2-3,7-8,11-14H2,1H3;5-6,11H,7-10H2,1-4H3. The van der Waals surface area contributed by atoms with Crippen LogP contribution in [0.4, 0.5) is 10.5 Å². The fraction of sp³-hybridized carbons (Fsp3) is 0.475. The van der Waals surface area contributed by atoms with Crippen molar-refractivity contribution < 1.29 is 31.1 Å². The number of carbonyl (C=O) groups is 1. The van der Waals surface area contributed by atoms with Crippen molar-refractivity contribution in [2.45, 2.75) is 82.1 Å². The third kappa shape index (κ3) is 10.8. The van der Waals surface area contributed by atoms with Crippen LogP contribution in [-0.4, -0.2) is 120 Å². The molecule has 0 N–H and O–H groups in total. The van der Waals surface area contributed by atoms with E-state index in [1.54, 1.807) is 75.5 Å². The van der Waals surface area contributed by atoms with Crippen LogP contribution in [0.5, 0.6) is 5.75 Å². The number of hydrogen-bond acceptors (Lipinski definition) is 12. The van der Waals surface area contributed by atoms with Crippen LogP contribution in [0.25, 0.3) is 5.69 Å². The summed E-state index contributed by atoms with van der Waals surface area (Å²) in [5, 5.41) is 5.00. The number of carbonyl (C=O) groups excluding carboxylic acids is 1. The van der Waals surface area contributed by atoms with Crippen LogP contribution in [0.1, 0.15) is 57.6 Å². The molecule has 0 unspecified atom stereocenters. The first kappa shape index (κ1) is 43.9. The van der Waals surface area contributed by atoms with Gasteiger partial charge in [-0.2, -0.15) is 18.4 Å². The summed E-state index contributed by atoms with van der Waals surface area (Å²) in [6, 6.07) is 13.6. The third-order valence-electron chi connectivity index (χ3n) is 10.0. The molecule has 19 heteroatoms. The largest absolute Gasteiger partial charge is 0.483 e. The average molecular weight is 871 g/mol. The topological polar surface area (TPSA) is 177 Å². The maximum atomic E-state index is 13.6. The SMILES string of the molecule is Cc1ccnc(S(=O)(=O)N2CCN(C(=O)OC(C)(C)C)CC2)c1.Cc1ccnc(S(=O)(=O)N2CCN(c3cnn(-c4cccc(Cl)c4)c(=O)c3OC3CCCC3)CC2)c1. The van der Waals surface area contributed by atoms with Crippen LogP contribution in [0.2, 0.25) is 5.02 Å². The Hall–Kier alpha value is -4.62. The number of ether oxygens (including phenoxy) is 2. The van der Waals surface area contributed by atoms with Gasteiger partial charge in [0.05, 0.1) is 18.0 Å². The predicted molar refractivity (Wildman–Crippen MR) is 223 cm³/mol. The van der Waals surface area contributed by atoms with Crippen LogP contribution in [-0.2, 0) is 24.8 Å². The molecule has 5 heterocycles. The predicted octanol–water partition coefficient (Wildman–Crippen LogP) is 5.05. The van der Waals surface area contributed by atoms with Gasteiger partial charge in [0.1, 0.15) is 11.3 Å². The van der Waals surface area contributed by atoms with Crippen molar-refractivity contribution in [3.8, 4) is 11.4 Å². The number of aromatic nitrogens is 4. The highest BCUT2D eigenvalue weighted by molar-refractivity contribution is 7.89. The monoisotopic (exact) mass is 870 g/mol. The number of anilines is 1. The van der Waals surface area contributed by atoms with Gasteiger partial charge in [0.15, 0.2) is 10.1 Å². The summed E-state index contributed by atoms with van der Waals surface area (Å²) in [5.74, 6) is 0.244. The summed E-state index contributed by atoms with van der Waals surface area (Å²) in [6.45, 7) is 11.5. The fourth-order valence-electron chi connectivity index (χ4n) is 6.90. The number of rotatable bonds is 8. The molecule has 0 radical (unpaired) electrons. The molecule has 2 aliphatic heterocycles. The lowest BCUT2D eigenvalue weighted by Crippen LogP contribution is -2.51. The van der Waals surface area contributed by atoms with Crippen molar-refractivity contribution in [1.82, 2.24) is 33.3 Å². The van der Waals surface area contributed by atoms with E-state index < -0.39 is 31.7 Å². The zero-order chi connectivity index (χ0) is 42.5. The molecule has 1 aromatic carbocycles. The van der Waals surface area contributed by atoms with Crippen LogP contribution in [0.3, 0.4) is 0 Å². The Morgan fingerprint density at radius 2 is 1.32 bits per heavy atom. The first-order chi connectivity index (χ1) is 27.9. The molecule has 318 valence electrons. The number of halogens is 1. The normalized spacial score (nSPS) is 17.3. The number of hydrogen-bond donors (Lipinski definition) is 0. The van der Waals surface area contributed by atoms with E-state index in [2.05, 4.69) is 15.1 Å². The summed E-state index contributed by atoms with van der Waals surface area (Å²) in [7, 11) is -7.33. The lowest BCUT2D eigenvalue weighted by molar-refractivity contribution is 0.0192. The number of amides is 1. The number of nitrogens with zero attached hydrogens (tertiary/aromatic N) is 8. The van der Waals surface area contributed by atoms with E-state index in [1.807, 2.05) is 18.7 Å². The van der Waals surface area contributed by atoms with E-state index in [4.69, 9.17) is 21.1 Å². The minimum Gasteiger partial charge on any atom is -0.483 e. The molecule has 7 rings (SSSR count). The van der Waals surface area contributed by atoms with Gasteiger partial charge >= 0.3 is 11.7 Å². The highest BCUT2D eigenvalue weighted by Gasteiger charge is 2.34. The molecule has 59 heavy (non-hydrogen) atoms. The van der Waals surface area contributed by atoms with Gasteiger partial charge in [0.2, 0.25) is 5.75 Å². The van der Waals surface area contributed by atoms with E-state index in [0.29, 0.717) is 42.6 Å². The molecule has 1 aliphatic carbocycles. The fourth-order valence-corrected chi connectivity index (χ4v) is 9.96. The third-order valence-corrected chi connectivity index (χ3v) is 13.8. The van der Waals surface area contributed by atoms with Gasteiger partial charge < -0.3 is 19.3 Å². The molecule has 0 bridgehead atoms. The minimum absolute atomic E-state index is 0.0271. The van der Waals surface area contributed by atoms with Crippen molar-refractivity contribution in [2.75, 3.05) is 57.3 Å². The quantitative estimate of drug-likeness (QED) is 0.231. The maximum Gasteiger partial charge on any atom is 0.410 e. The molecule has 2 saturated heterocycles. The first-order valence-corrected chi connectivity index (χ1v) is 22.8. The lowest BCUT2D eigenvalue weighted by Gasteiger charge is -2.35. The molecule has 3 aromatic heterocycles. The Morgan fingerprint density at radius 1 is 0.780 bits per heavy atom. The number of benzene rings is 1. The molecular weight excluding hydrogens is 820 g/mol. The summed E-state index contributed by atoms with van der Waals surface area (Å²) in [4.78, 5) is 37.1. The Kier molecular flexibility index (Phi) is 13.7. The highest BCUT2D eigenvalue weighted by atomic mass is 35.5. The van der Waals surface area contributed by atoms with E-state index in [-0.39, 0.29) is 53.6 Å². The van der Waals surface area contributed by atoms with Gasteiger partial charge in [0, 0.05) is 69.8 Å². The van der Waals surface area contributed by atoms with E-state index in [0.717, 1.165) is 36.8 Å². The first-order valence-electron chi connectivity index (χ1n) is 19.6. The summed E-state index contributed by atoms with van der Waals surface area (Å²) in [6.07, 6.45) is 8.10. The zero-order valence-electron chi connectivity index (χ0n) is 34.0. The molecular formula is C40H51ClN8O8S2. The van der Waals surface area contributed by atoms with Crippen LogP contribution in [0.15, 0.2) is 82.0 Å². The maximum absolute atomic E-state index is 13.6. The van der Waals surface area contributed by atoms with E-state index >= 15 is 0 Å². The summed E-state index contributed by atoms with van der Waals surface area (Å²) >= 11 is 6.14. The van der Waals surface area contributed by atoms with Gasteiger partial charge in [-0.25, -0.2) is 31.6 Å². The Bertz CT molecular complexity index is 2400. The van der Waals surface area contributed by atoms with Gasteiger partial charge in [-0.05, 0) is 114 Å². The number of sulfonamides is 2. The Labute approximate surface area is 350 Å². The molecule has 1 saturated carbocycles. The van der Waals surface area contributed by atoms with Crippen molar-refractivity contribution in [3.63, 3.8) is 0 Å². The van der Waals surface area contributed by atoms with Crippen LogP contribution < -0.4 is 15.2 Å². The second-order valence-corrected chi connectivity index (χ2v) is 19.9. The van der Waals surface area contributed by atoms with Gasteiger partial charge in [0.25, 0.3) is 20.0 Å². The van der Waals surface area contributed by atoms with Crippen LogP contribution in [0, 0.1) is 13.8 Å². The molecule has 3 aliphatic rings. The van der Waals surface area contributed by atoms with E-state index in [9.17, 15) is 26.4 Å². The molecule has 3 fully saturated rings. The minimum atomic E-state index is -3.70. The average Bonchev–Trinajstić information content (AvgIpc) is 3.72. The van der Waals surface area contributed by atoms with E-state index in [1.165, 1.54) is 30.6 Å². The van der Waals surface area contributed by atoms with Crippen molar-refractivity contribution in [2.24, 2.45) is 0 Å². The number of piperazine rings is 2.